The Morgan fingerprint density at radius 2 is 1.74 bits per heavy atom. The lowest BCUT2D eigenvalue weighted by atomic mass is 10.0. The van der Waals surface area contributed by atoms with Crippen LogP contribution in [0.2, 0.25) is 0 Å². The number of carbonyl (C=O) groups is 2. The Morgan fingerprint density at radius 1 is 1.00 bits per heavy atom. The normalized spacial score (nSPS) is 10.8. The summed E-state index contributed by atoms with van der Waals surface area (Å²) in [6, 6.07) is 12.0. The minimum Gasteiger partial charge on any atom is -0.494 e. The minimum atomic E-state index is -0.499. The van der Waals surface area contributed by atoms with Gasteiger partial charge in [0.05, 0.1) is 13.0 Å². The lowest BCUT2D eigenvalue weighted by Gasteiger charge is -2.10. The van der Waals surface area contributed by atoms with Crippen molar-refractivity contribution in [2.45, 2.75) is 46.6 Å². The van der Waals surface area contributed by atoms with E-state index in [1.54, 1.807) is 24.3 Å². The average Bonchev–Trinajstić information content (AvgIpc) is 2.77. The quantitative estimate of drug-likeness (QED) is 0.277. The molecular formula is C25H26O6. The highest BCUT2D eigenvalue weighted by Crippen LogP contribution is 2.24. The molecule has 2 aromatic carbocycles. The number of esters is 1. The fourth-order valence-corrected chi connectivity index (χ4v) is 3.19. The van der Waals surface area contributed by atoms with Crippen LogP contribution in [0.5, 0.6) is 5.75 Å². The van der Waals surface area contributed by atoms with Gasteiger partial charge in [-0.15, -0.1) is 0 Å². The predicted molar refractivity (Wildman–Crippen MR) is 118 cm³/mol. The van der Waals surface area contributed by atoms with Crippen LogP contribution in [0, 0.1) is 13.8 Å². The van der Waals surface area contributed by atoms with Gasteiger partial charge < -0.3 is 13.9 Å². The van der Waals surface area contributed by atoms with Crippen LogP contribution in [0.3, 0.4) is 0 Å². The third-order valence-corrected chi connectivity index (χ3v) is 5.11. The lowest BCUT2D eigenvalue weighted by Crippen LogP contribution is -2.10. The molecule has 0 unspecified atom stereocenters. The van der Waals surface area contributed by atoms with E-state index in [4.69, 9.17) is 13.9 Å². The van der Waals surface area contributed by atoms with Crippen molar-refractivity contribution in [3.05, 3.63) is 75.1 Å². The van der Waals surface area contributed by atoms with Gasteiger partial charge in [-0.2, -0.15) is 0 Å². The van der Waals surface area contributed by atoms with Crippen molar-refractivity contribution in [2.75, 3.05) is 6.61 Å². The molecular weight excluding hydrogens is 396 g/mol. The molecule has 31 heavy (non-hydrogen) atoms. The molecule has 0 amide bonds. The number of aryl methyl sites for hydroxylation is 2. The Hall–Kier alpha value is -3.41. The summed E-state index contributed by atoms with van der Waals surface area (Å²) in [6.07, 6.45) is 0.917. The molecule has 0 spiro atoms. The van der Waals surface area contributed by atoms with E-state index in [-0.39, 0.29) is 25.2 Å². The molecule has 162 valence electrons. The van der Waals surface area contributed by atoms with E-state index in [0.717, 1.165) is 22.9 Å². The van der Waals surface area contributed by atoms with Crippen LogP contribution in [0.15, 0.2) is 51.7 Å². The number of Topliss-reactive ketones (excluding diaryl/α,β-unsaturated/α-hetero) is 1. The second-order valence-electron chi connectivity index (χ2n) is 7.43. The van der Waals surface area contributed by atoms with Gasteiger partial charge in [0.15, 0.2) is 5.78 Å². The molecule has 1 aromatic heterocycles. The summed E-state index contributed by atoms with van der Waals surface area (Å²) in [5.74, 6) is 0.0696. The molecule has 6 heteroatoms. The summed E-state index contributed by atoms with van der Waals surface area (Å²) in [4.78, 5) is 36.4. The molecule has 0 saturated carbocycles. The van der Waals surface area contributed by atoms with Crippen LogP contribution < -0.4 is 10.4 Å². The standard InChI is InChI=1S/C25H26O6/c1-4-13-29-20-8-6-18(7-9-20)22(26)11-12-23(27)30-15-19-14-24(28)31-25-17(3)16(2)5-10-21(19)25/h5-10,14H,4,11-13,15H2,1-3H3. The van der Waals surface area contributed by atoms with Crippen molar-refractivity contribution in [3.8, 4) is 5.75 Å². The van der Waals surface area contributed by atoms with E-state index in [1.807, 2.05) is 32.9 Å². The summed E-state index contributed by atoms with van der Waals surface area (Å²) in [7, 11) is 0. The number of ketones is 1. The SMILES string of the molecule is CCCOc1ccc(C(=O)CCC(=O)OCc2cc(=O)oc3c(C)c(C)ccc23)cc1. The molecule has 0 aliphatic carbocycles. The molecule has 3 aromatic rings. The number of hydrogen-bond acceptors (Lipinski definition) is 6. The van der Waals surface area contributed by atoms with Gasteiger partial charge in [-0.25, -0.2) is 4.79 Å². The third-order valence-electron chi connectivity index (χ3n) is 5.11. The van der Waals surface area contributed by atoms with Gasteiger partial charge in [0.25, 0.3) is 0 Å². The Kier molecular flexibility index (Phi) is 7.23. The van der Waals surface area contributed by atoms with Crippen molar-refractivity contribution in [2.24, 2.45) is 0 Å². The van der Waals surface area contributed by atoms with Gasteiger partial charge in [0, 0.05) is 29.0 Å². The first-order chi connectivity index (χ1) is 14.9. The zero-order valence-electron chi connectivity index (χ0n) is 18.0. The van der Waals surface area contributed by atoms with Gasteiger partial charge in [-0.05, 0) is 55.7 Å². The highest BCUT2D eigenvalue weighted by molar-refractivity contribution is 5.97. The summed E-state index contributed by atoms with van der Waals surface area (Å²) in [6.45, 7) is 6.40. The molecule has 0 radical (unpaired) electrons. The Morgan fingerprint density at radius 3 is 2.45 bits per heavy atom. The molecule has 0 aliphatic rings. The smallest absolute Gasteiger partial charge is 0.336 e. The summed E-state index contributed by atoms with van der Waals surface area (Å²) in [5, 5.41) is 0.733. The average molecular weight is 422 g/mol. The second kappa shape index (κ2) is 10.1. The van der Waals surface area contributed by atoms with Gasteiger partial charge in [-0.3, -0.25) is 9.59 Å². The van der Waals surface area contributed by atoms with Gasteiger partial charge >= 0.3 is 11.6 Å². The Labute approximate surface area is 180 Å². The first kappa shape index (κ1) is 22.3. The lowest BCUT2D eigenvalue weighted by molar-refractivity contribution is -0.144. The fourth-order valence-electron chi connectivity index (χ4n) is 3.19. The Balaban J connectivity index is 1.58. The van der Waals surface area contributed by atoms with Crippen molar-refractivity contribution in [1.82, 2.24) is 0 Å². The zero-order chi connectivity index (χ0) is 22.4. The number of benzene rings is 2. The van der Waals surface area contributed by atoms with Gasteiger partial charge in [-0.1, -0.05) is 19.1 Å². The first-order valence-electron chi connectivity index (χ1n) is 10.3. The third kappa shape index (κ3) is 5.60. The summed E-state index contributed by atoms with van der Waals surface area (Å²) in [5.41, 5.74) is 2.99. The topological polar surface area (TPSA) is 82.8 Å². The Bertz CT molecular complexity index is 1140. The molecule has 0 aliphatic heterocycles. The second-order valence-corrected chi connectivity index (χ2v) is 7.43. The van der Waals surface area contributed by atoms with E-state index in [2.05, 4.69) is 0 Å². The van der Waals surface area contributed by atoms with Crippen LogP contribution >= 0.6 is 0 Å². The maximum absolute atomic E-state index is 12.3. The van der Waals surface area contributed by atoms with E-state index in [9.17, 15) is 14.4 Å². The zero-order valence-corrected chi connectivity index (χ0v) is 18.0. The van der Waals surface area contributed by atoms with Crippen molar-refractivity contribution >= 4 is 22.7 Å². The highest BCUT2D eigenvalue weighted by atomic mass is 16.5. The summed E-state index contributed by atoms with van der Waals surface area (Å²) < 4.78 is 16.1. The first-order valence-corrected chi connectivity index (χ1v) is 10.3. The van der Waals surface area contributed by atoms with Crippen molar-refractivity contribution in [3.63, 3.8) is 0 Å². The van der Waals surface area contributed by atoms with Crippen LogP contribution in [-0.4, -0.2) is 18.4 Å². The van der Waals surface area contributed by atoms with Crippen LogP contribution in [0.1, 0.15) is 53.2 Å². The molecule has 0 fully saturated rings. The summed E-state index contributed by atoms with van der Waals surface area (Å²) >= 11 is 0. The van der Waals surface area contributed by atoms with Gasteiger partial charge in [0.1, 0.15) is 17.9 Å². The largest absolute Gasteiger partial charge is 0.494 e. The van der Waals surface area contributed by atoms with Crippen LogP contribution in [0.25, 0.3) is 11.0 Å². The molecule has 6 nitrogen and oxygen atoms in total. The molecule has 0 bridgehead atoms. The van der Waals surface area contributed by atoms with E-state index < -0.39 is 11.6 Å². The molecule has 1 heterocycles. The van der Waals surface area contributed by atoms with Crippen LogP contribution in [-0.2, 0) is 16.1 Å². The van der Waals surface area contributed by atoms with Crippen molar-refractivity contribution < 1.29 is 23.5 Å². The van der Waals surface area contributed by atoms with E-state index >= 15 is 0 Å². The van der Waals surface area contributed by atoms with Crippen LogP contribution in [0.4, 0.5) is 0 Å². The maximum Gasteiger partial charge on any atom is 0.336 e. The number of rotatable bonds is 9. The minimum absolute atomic E-state index is 0.0373. The highest BCUT2D eigenvalue weighted by Gasteiger charge is 2.14. The maximum atomic E-state index is 12.3. The molecule has 3 rings (SSSR count). The number of hydrogen-bond donors (Lipinski definition) is 0. The van der Waals surface area contributed by atoms with E-state index in [0.29, 0.717) is 29.1 Å². The van der Waals surface area contributed by atoms with E-state index in [1.165, 1.54) is 6.07 Å². The number of ether oxygens (including phenoxy) is 2. The predicted octanol–water partition coefficient (Wildman–Crippen LogP) is 4.90. The van der Waals surface area contributed by atoms with Crippen molar-refractivity contribution in [1.29, 1.82) is 0 Å². The number of fused-ring (bicyclic) bond motifs is 1. The molecule has 0 N–H and O–H groups in total. The number of carbonyl (C=O) groups excluding carboxylic acids is 2. The monoisotopic (exact) mass is 422 g/mol. The fraction of sp³-hybridized carbons (Fsp3) is 0.320. The van der Waals surface area contributed by atoms with Gasteiger partial charge in [0.2, 0.25) is 0 Å². The molecule has 0 atom stereocenters. The molecule has 0 saturated heterocycles.